The minimum absolute atomic E-state index is 0.435. The molecule has 0 saturated carbocycles. The number of hydrogen-bond acceptors (Lipinski definition) is 4. The molecule has 0 bridgehead atoms. The predicted molar refractivity (Wildman–Crippen MR) is 70.0 cm³/mol. The Bertz CT molecular complexity index is 637. The highest BCUT2D eigenvalue weighted by atomic mass is 16.7. The van der Waals surface area contributed by atoms with Gasteiger partial charge in [0, 0.05) is 6.20 Å². The first-order valence-corrected chi connectivity index (χ1v) is 5.93. The lowest BCUT2D eigenvalue weighted by molar-refractivity contribution is 0.0695. The molecule has 3 rings (SSSR count). The van der Waals surface area contributed by atoms with E-state index < -0.39 is 0 Å². The number of benzene rings is 1. The Morgan fingerprint density at radius 2 is 1.84 bits per heavy atom. The normalized spacial score (nSPS) is 10.3. The molecular weight excluding hydrogens is 240 g/mol. The minimum atomic E-state index is 0.435. The third kappa shape index (κ3) is 2.60. The number of aromatic nitrogens is 4. The highest BCUT2D eigenvalue weighted by molar-refractivity contribution is 5.51. The summed E-state index contributed by atoms with van der Waals surface area (Å²) in [4.78, 5) is 11.3. The van der Waals surface area contributed by atoms with E-state index in [0.29, 0.717) is 6.61 Å². The lowest BCUT2D eigenvalue weighted by Crippen LogP contribution is -2.14. The first-order valence-electron chi connectivity index (χ1n) is 5.93. The van der Waals surface area contributed by atoms with Crippen LogP contribution in [-0.4, -0.2) is 20.1 Å². The van der Waals surface area contributed by atoms with Gasteiger partial charge in [0.1, 0.15) is 12.3 Å². The molecular formula is C14H12N4O. The smallest absolute Gasteiger partial charge is 0.149 e. The van der Waals surface area contributed by atoms with Crippen molar-refractivity contribution in [2.24, 2.45) is 0 Å². The maximum absolute atomic E-state index is 5.62. The summed E-state index contributed by atoms with van der Waals surface area (Å²) in [6.45, 7) is 0.435. The zero-order valence-electron chi connectivity index (χ0n) is 10.2. The molecule has 19 heavy (non-hydrogen) atoms. The molecule has 0 fully saturated rings. The molecule has 0 aliphatic carbocycles. The molecule has 94 valence electrons. The van der Waals surface area contributed by atoms with Gasteiger partial charge in [0.25, 0.3) is 0 Å². The second-order valence-corrected chi connectivity index (χ2v) is 3.97. The Balaban J connectivity index is 1.78. The Hall–Kier alpha value is -2.69. The lowest BCUT2D eigenvalue weighted by atomic mass is 10.2. The summed E-state index contributed by atoms with van der Waals surface area (Å²) in [5.41, 5.74) is 2.59. The molecule has 0 radical (unpaired) electrons. The monoisotopic (exact) mass is 252 g/mol. The van der Waals surface area contributed by atoms with Gasteiger partial charge in [0.05, 0.1) is 11.9 Å². The second kappa shape index (κ2) is 5.30. The first kappa shape index (κ1) is 11.4. The fourth-order valence-electron chi connectivity index (χ4n) is 1.71. The molecule has 0 unspecified atom stereocenters. The molecule has 0 spiro atoms. The highest BCUT2D eigenvalue weighted by Crippen LogP contribution is 2.13. The fourth-order valence-corrected chi connectivity index (χ4v) is 1.71. The van der Waals surface area contributed by atoms with Crippen molar-refractivity contribution in [1.29, 1.82) is 0 Å². The number of nitrogens with zero attached hydrogens (tertiary/aromatic N) is 4. The SMILES string of the molecule is c1ccc(COn2nncc2-c2ccccn2)cc1. The van der Waals surface area contributed by atoms with Crippen LogP contribution in [0.2, 0.25) is 0 Å². The maximum atomic E-state index is 5.62. The van der Waals surface area contributed by atoms with Gasteiger partial charge in [-0.1, -0.05) is 41.2 Å². The standard InChI is InChI=1S/C14H12N4O/c1-2-6-12(7-3-1)11-19-18-14(10-16-17-18)13-8-4-5-9-15-13/h1-10H,11H2. The van der Waals surface area contributed by atoms with E-state index >= 15 is 0 Å². The van der Waals surface area contributed by atoms with Gasteiger partial charge in [-0.3, -0.25) is 4.98 Å². The van der Waals surface area contributed by atoms with Crippen LogP contribution < -0.4 is 4.84 Å². The van der Waals surface area contributed by atoms with E-state index in [4.69, 9.17) is 4.84 Å². The van der Waals surface area contributed by atoms with Gasteiger partial charge in [-0.15, -0.1) is 5.10 Å². The average molecular weight is 252 g/mol. The Labute approximate surface area is 110 Å². The molecule has 0 saturated heterocycles. The van der Waals surface area contributed by atoms with Gasteiger partial charge >= 0.3 is 0 Å². The number of pyridine rings is 1. The quantitative estimate of drug-likeness (QED) is 0.712. The Morgan fingerprint density at radius 1 is 1.00 bits per heavy atom. The number of rotatable bonds is 4. The van der Waals surface area contributed by atoms with E-state index in [2.05, 4.69) is 15.3 Å². The summed E-state index contributed by atoms with van der Waals surface area (Å²) in [6, 6.07) is 15.6. The van der Waals surface area contributed by atoms with Crippen LogP contribution in [0.15, 0.2) is 60.9 Å². The number of hydrogen-bond donors (Lipinski definition) is 0. The molecule has 2 heterocycles. The van der Waals surface area contributed by atoms with Crippen LogP contribution in [0.25, 0.3) is 11.4 Å². The molecule has 2 aromatic heterocycles. The van der Waals surface area contributed by atoms with E-state index in [1.165, 1.54) is 4.85 Å². The molecule has 5 heteroatoms. The van der Waals surface area contributed by atoms with Crippen LogP contribution in [0.3, 0.4) is 0 Å². The van der Waals surface area contributed by atoms with Crippen LogP contribution in [-0.2, 0) is 6.61 Å². The molecule has 3 aromatic rings. The minimum Gasteiger partial charge on any atom is -0.390 e. The van der Waals surface area contributed by atoms with Crippen molar-refractivity contribution in [1.82, 2.24) is 20.1 Å². The van der Waals surface area contributed by atoms with Crippen molar-refractivity contribution < 1.29 is 4.84 Å². The van der Waals surface area contributed by atoms with Gasteiger partial charge in [-0.2, -0.15) is 0 Å². The van der Waals surface area contributed by atoms with Gasteiger partial charge in [-0.05, 0) is 22.9 Å². The maximum Gasteiger partial charge on any atom is 0.149 e. The summed E-state index contributed by atoms with van der Waals surface area (Å²) in [6.07, 6.45) is 3.36. The molecule has 0 aliphatic heterocycles. The van der Waals surface area contributed by atoms with Crippen molar-refractivity contribution in [3.63, 3.8) is 0 Å². The molecule has 5 nitrogen and oxygen atoms in total. The zero-order chi connectivity index (χ0) is 12.9. The van der Waals surface area contributed by atoms with Crippen LogP contribution >= 0.6 is 0 Å². The highest BCUT2D eigenvalue weighted by Gasteiger charge is 2.08. The Morgan fingerprint density at radius 3 is 2.63 bits per heavy atom. The summed E-state index contributed by atoms with van der Waals surface area (Å²) >= 11 is 0. The summed E-state index contributed by atoms with van der Waals surface area (Å²) in [5.74, 6) is 0. The van der Waals surface area contributed by atoms with Gasteiger partial charge < -0.3 is 4.84 Å². The van der Waals surface area contributed by atoms with Crippen LogP contribution in [0.1, 0.15) is 5.56 Å². The molecule has 0 N–H and O–H groups in total. The second-order valence-electron chi connectivity index (χ2n) is 3.97. The fraction of sp³-hybridized carbons (Fsp3) is 0.0714. The summed E-state index contributed by atoms with van der Waals surface area (Å²) < 4.78 is 0. The third-order valence-corrected chi connectivity index (χ3v) is 2.64. The van der Waals surface area contributed by atoms with Gasteiger partial charge in [-0.25, -0.2) is 0 Å². The van der Waals surface area contributed by atoms with E-state index in [1.54, 1.807) is 12.4 Å². The molecule has 0 aliphatic rings. The van der Waals surface area contributed by atoms with Gasteiger partial charge in [0.2, 0.25) is 0 Å². The van der Waals surface area contributed by atoms with Crippen molar-refractivity contribution >= 4 is 0 Å². The van der Waals surface area contributed by atoms with Crippen molar-refractivity contribution in [3.8, 4) is 11.4 Å². The van der Waals surface area contributed by atoms with E-state index in [9.17, 15) is 0 Å². The van der Waals surface area contributed by atoms with Crippen LogP contribution in [0.4, 0.5) is 0 Å². The molecule has 1 aromatic carbocycles. The van der Waals surface area contributed by atoms with Crippen molar-refractivity contribution in [2.75, 3.05) is 0 Å². The van der Waals surface area contributed by atoms with Gasteiger partial charge in [0.15, 0.2) is 0 Å². The summed E-state index contributed by atoms with van der Waals surface area (Å²) in [5, 5.41) is 7.77. The largest absolute Gasteiger partial charge is 0.390 e. The molecule has 0 atom stereocenters. The van der Waals surface area contributed by atoms with E-state index in [0.717, 1.165) is 17.0 Å². The first-order chi connectivity index (χ1) is 9.43. The topological polar surface area (TPSA) is 52.8 Å². The zero-order valence-corrected chi connectivity index (χ0v) is 10.2. The van der Waals surface area contributed by atoms with Crippen molar-refractivity contribution in [2.45, 2.75) is 6.61 Å². The van der Waals surface area contributed by atoms with E-state index in [1.807, 2.05) is 48.5 Å². The average Bonchev–Trinajstić information content (AvgIpc) is 2.95. The Kier molecular flexibility index (Phi) is 3.18. The van der Waals surface area contributed by atoms with Crippen LogP contribution in [0.5, 0.6) is 0 Å². The van der Waals surface area contributed by atoms with Crippen molar-refractivity contribution in [3.05, 3.63) is 66.5 Å². The summed E-state index contributed by atoms with van der Waals surface area (Å²) in [7, 11) is 0. The molecule has 0 amide bonds. The predicted octanol–water partition coefficient (Wildman–Crippen LogP) is 1.97. The third-order valence-electron chi connectivity index (χ3n) is 2.64. The van der Waals surface area contributed by atoms with E-state index in [-0.39, 0.29) is 0 Å². The lowest BCUT2D eigenvalue weighted by Gasteiger charge is -2.07. The van der Waals surface area contributed by atoms with Crippen LogP contribution in [0, 0.1) is 0 Å².